The van der Waals surface area contributed by atoms with Crippen LogP contribution in [0.1, 0.15) is 54.7 Å². The van der Waals surface area contributed by atoms with E-state index in [4.69, 9.17) is 0 Å². The molecule has 0 atom stereocenters. The number of aromatic nitrogens is 1. The highest BCUT2D eigenvalue weighted by molar-refractivity contribution is 5.86. The summed E-state index contributed by atoms with van der Waals surface area (Å²) in [6.45, 7) is 0. The lowest BCUT2D eigenvalue weighted by Crippen LogP contribution is -2.49. The molecule has 4 aliphatic carbocycles. The van der Waals surface area contributed by atoms with Crippen molar-refractivity contribution in [3.05, 3.63) is 23.5 Å². The van der Waals surface area contributed by atoms with Gasteiger partial charge in [-0.15, -0.1) is 0 Å². The van der Waals surface area contributed by atoms with Crippen LogP contribution >= 0.6 is 0 Å². The molecular weight excluding hydrogens is 238 g/mol. The molecule has 0 aromatic carbocycles. The van der Waals surface area contributed by atoms with Gasteiger partial charge in [-0.2, -0.15) is 0 Å². The van der Waals surface area contributed by atoms with E-state index in [1.807, 2.05) is 11.6 Å². The first kappa shape index (κ1) is 11.6. The molecule has 102 valence electrons. The van der Waals surface area contributed by atoms with Crippen molar-refractivity contribution in [2.75, 3.05) is 0 Å². The van der Waals surface area contributed by atoms with Gasteiger partial charge >= 0.3 is 5.97 Å². The van der Waals surface area contributed by atoms with Crippen LogP contribution < -0.4 is 0 Å². The van der Waals surface area contributed by atoms with Gasteiger partial charge < -0.3 is 9.67 Å². The smallest absolute Gasteiger partial charge is 0.352 e. The molecule has 4 fully saturated rings. The van der Waals surface area contributed by atoms with Crippen LogP contribution in [0.2, 0.25) is 0 Å². The van der Waals surface area contributed by atoms with E-state index in [0.717, 1.165) is 17.8 Å². The number of carboxylic acid groups (broad SMARTS) is 1. The quantitative estimate of drug-likeness (QED) is 0.886. The molecule has 0 radical (unpaired) electrons. The monoisotopic (exact) mass is 259 g/mol. The lowest BCUT2D eigenvalue weighted by atomic mass is 9.49. The molecular formula is C16H21NO2. The third-order valence-electron chi connectivity index (χ3n) is 5.92. The maximum atomic E-state index is 11.2. The Kier molecular flexibility index (Phi) is 2.22. The summed E-state index contributed by atoms with van der Waals surface area (Å²) in [6, 6.07) is 3.87. The minimum atomic E-state index is -0.807. The van der Waals surface area contributed by atoms with Gasteiger partial charge in [-0.3, -0.25) is 0 Å². The minimum Gasteiger partial charge on any atom is -0.477 e. The van der Waals surface area contributed by atoms with Gasteiger partial charge in [0.2, 0.25) is 0 Å². The first-order chi connectivity index (χ1) is 9.07. The summed E-state index contributed by atoms with van der Waals surface area (Å²) < 4.78 is 1.94. The first-order valence-corrected chi connectivity index (χ1v) is 7.47. The number of carboxylic acids is 1. The number of carbonyl (C=O) groups is 1. The van der Waals surface area contributed by atoms with E-state index in [-0.39, 0.29) is 5.41 Å². The molecule has 1 aromatic rings. The second-order valence-electron chi connectivity index (χ2n) is 7.17. The minimum absolute atomic E-state index is 0.289. The number of nitrogens with zero attached hydrogens (tertiary/aromatic N) is 1. The lowest BCUT2D eigenvalue weighted by Gasteiger charge is -2.57. The number of hydrogen-bond donors (Lipinski definition) is 1. The van der Waals surface area contributed by atoms with Crippen LogP contribution in [0.4, 0.5) is 0 Å². The topological polar surface area (TPSA) is 42.2 Å². The molecule has 0 saturated heterocycles. The predicted octanol–water partition coefficient (Wildman–Crippen LogP) is 3.19. The Morgan fingerprint density at radius 3 is 2.11 bits per heavy atom. The summed E-state index contributed by atoms with van der Waals surface area (Å²) >= 11 is 0. The number of hydrogen-bond acceptors (Lipinski definition) is 1. The van der Waals surface area contributed by atoms with Gasteiger partial charge in [0.1, 0.15) is 5.69 Å². The third kappa shape index (κ3) is 1.53. The molecule has 0 aliphatic heterocycles. The Morgan fingerprint density at radius 2 is 1.68 bits per heavy atom. The zero-order chi connectivity index (χ0) is 13.2. The zero-order valence-electron chi connectivity index (χ0n) is 11.4. The summed E-state index contributed by atoms with van der Waals surface area (Å²) in [4.78, 5) is 11.2. The van der Waals surface area contributed by atoms with Crippen LogP contribution in [-0.4, -0.2) is 15.6 Å². The summed E-state index contributed by atoms with van der Waals surface area (Å²) in [5.41, 5.74) is 2.01. The van der Waals surface area contributed by atoms with Crippen LogP contribution in [0.5, 0.6) is 0 Å². The highest BCUT2D eigenvalue weighted by atomic mass is 16.4. The van der Waals surface area contributed by atoms with E-state index >= 15 is 0 Å². The highest BCUT2D eigenvalue weighted by Crippen LogP contribution is 2.60. The molecule has 1 N–H and O–H groups in total. The van der Waals surface area contributed by atoms with Crippen LogP contribution in [0.25, 0.3) is 0 Å². The van der Waals surface area contributed by atoms with E-state index in [9.17, 15) is 9.90 Å². The SMILES string of the molecule is Cn1c(C(=O)O)ccc1C12CC3CC(CC(C3)C1)C2. The second kappa shape index (κ2) is 3.65. The van der Waals surface area contributed by atoms with Crippen molar-refractivity contribution in [1.29, 1.82) is 0 Å². The Hall–Kier alpha value is -1.25. The predicted molar refractivity (Wildman–Crippen MR) is 72.2 cm³/mol. The summed E-state index contributed by atoms with van der Waals surface area (Å²) in [5.74, 6) is 1.89. The van der Waals surface area contributed by atoms with E-state index in [0.29, 0.717) is 5.69 Å². The van der Waals surface area contributed by atoms with Gasteiger partial charge in [0.15, 0.2) is 0 Å². The van der Waals surface area contributed by atoms with Gasteiger partial charge in [-0.05, 0) is 68.4 Å². The summed E-state index contributed by atoms with van der Waals surface area (Å²) in [5, 5.41) is 9.24. The lowest BCUT2D eigenvalue weighted by molar-refractivity contribution is -0.00851. The molecule has 3 heteroatoms. The van der Waals surface area contributed by atoms with E-state index < -0.39 is 5.97 Å². The fraction of sp³-hybridized carbons (Fsp3) is 0.688. The molecule has 3 nitrogen and oxygen atoms in total. The molecule has 0 spiro atoms. The molecule has 5 rings (SSSR count). The zero-order valence-corrected chi connectivity index (χ0v) is 11.4. The van der Waals surface area contributed by atoms with Gasteiger partial charge in [0.05, 0.1) is 0 Å². The fourth-order valence-electron chi connectivity index (χ4n) is 5.68. The molecule has 4 saturated carbocycles. The fourth-order valence-corrected chi connectivity index (χ4v) is 5.68. The van der Waals surface area contributed by atoms with Crippen LogP contribution in [-0.2, 0) is 12.5 Å². The van der Waals surface area contributed by atoms with Crippen molar-refractivity contribution in [1.82, 2.24) is 4.57 Å². The van der Waals surface area contributed by atoms with Crippen molar-refractivity contribution < 1.29 is 9.90 Å². The van der Waals surface area contributed by atoms with Crippen LogP contribution in [0.15, 0.2) is 12.1 Å². The van der Waals surface area contributed by atoms with Gasteiger partial charge in [-0.1, -0.05) is 0 Å². The molecule has 0 unspecified atom stereocenters. The molecule has 1 aromatic heterocycles. The summed E-state index contributed by atoms with van der Waals surface area (Å²) in [6.07, 6.45) is 8.14. The second-order valence-corrected chi connectivity index (χ2v) is 7.17. The molecule has 4 aliphatic rings. The Bertz CT molecular complexity index is 508. The van der Waals surface area contributed by atoms with Gasteiger partial charge in [0.25, 0.3) is 0 Å². The number of rotatable bonds is 2. The van der Waals surface area contributed by atoms with E-state index in [1.54, 1.807) is 6.07 Å². The molecule has 0 amide bonds. The van der Waals surface area contributed by atoms with E-state index in [1.165, 1.54) is 44.2 Å². The number of aromatic carboxylic acids is 1. The van der Waals surface area contributed by atoms with Crippen molar-refractivity contribution >= 4 is 5.97 Å². The molecule has 1 heterocycles. The normalized spacial score (nSPS) is 39.7. The van der Waals surface area contributed by atoms with Crippen molar-refractivity contribution in [3.63, 3.8) is 0 Å². The maximum absolute atomic E-state index is 11.2. The van der Waals surface area contributed by atoms with Crippen molar-refractivity contribution in [2.24, 2.45) is 24.8 Å². The molecule has 4 bridgehead atoms. The van der Waals surface area contributed by atoms with E-state index in [2.05, 4.69) is 6.07 Å². The Labute approximate surface area is 113 Å². The standard InChI is InChI=1S/C16H21NO2/c1-17-13(15(18)19)2-3-14(17)16-7-10-4-11(8-16)6-12(5-10)9-16/h2-3,10-12H,4-9H2,1H3,(H,18,19). The average Bonchev–Trinajstić information content (AvgIpc) is 2.69. The molecule has 19 heavy (non-hydrogen) atoms. The maximum Gasteiger partial charge on any atom is 0.352 e. The van der Waals surface area contributed by atoms with Gasteiger partial charge in [0, 0.05) is 18.2 Å². The van der Waals surface area contributed by atoms with Crippen molar-refractivity contribution in [2.45, 2.75) is 43.9 Å². The third-order valence-corrected chi connectivity index (χ3v) is 5.92. The highest BCUT2D eigenvalue weighted by Gasteiger charge is 2.52. The van der Waals surface area contributed by atoms with Gasteiger partial charge in [-0.25, -0.2) is 4.79 Å². The van der Waals surface area contributed by atoms with Crippen LogP contribution in [0.3, 0.4) is 0 Å². The largest absolute Gasteiger partial charge is 0.477 e. The Balaban J connectivity index is 1.77. The Morgan fingerprint density at radius 1 is 1.16 bits per heavy atom. The summed E-state index contributed by atoms with van der Waals surface area (Å²) in [7, 11) is 1.93. The van der Waals surface area contributed by atoms with Crippen molar-refractivity contribution in [3.8, 4) is 0 Å². The average molecular weight is 259 g/mol. The first-order valence-electron chi connectivity index (χ1n) is 7.47. The van der Waals surface area contributed by atoms with Crippen LogP contribution in [0, 0.1) is 17.8 Å².